The van der Waals surface area contributed by atoms with E-state index in [0.717, 1.165) is 32.1 Å². The molecule has 0 spiro atoms. The first kappa shape index (κ1) is 25.9. The Morgan fingerprint density at radius 3 is 2.07 bits per heavy atom. The summed E-state index contributed by atoms with van der Waals surface area (Å²) < 4.78 is 0. The predicted octanol–water partition coefficient (Wildman–Crippen LogP) is 6.32. The number of unbranched alkanes of at least 4 members (excludes halogenated alkanes) is 8. The van der Waals surface area contributed by atoms with Gasteiger partial charge >= 0.3 is 0 Å². The fraction of sp³-hybridized carbons (Fsp3) is 0.792. The van der Waals surface area contributed by atoms with Crippen molar-refractivity contribution >= 4 is 5.91 Å². The first-order valence-electron chi connectivity index (χ1n) is 11.3. The van der Waals surface area contributed by atoms with E-state index < -0.39 is 0 Å². The van der Waals surface area contributed by atoms with Crippen LogP contribution in [0.2, 0.25) is 0 Å². The molecule has 3 heteroatoms. The van der Waals surface area contributed by atoms with Crippen LogP contribution in [0.25, 0.3) is 0 Å². The molecule has 2 N–H and O–H groups in total. The SMILES string of the molecule is CCCCCC=CCC=CCCCCCCCC(=O)N[C@@H](CO)CC(C)C. The minimum absolute atomic E-state index is 0.0338. The third kappa shape index (κ3) is 19.5. The zero-order chi connectivity index (χ0) is 20.2. The van der Waals surface area contributed by atoms with Gasteiger partial charge in [0, 0.05) is 6.42 Å². The van der Waals surface area contributed by atoms with Crippen LogP contribution < -0.4 is 5.32 Å². The Morgan fingerprint density at radius 2 is 1.48 bits per heavy atom. The van der Waals surface area contributed by atoms with E-state index in [0.29, 0.717) is 12.3 Å². The Labute approximate surface area is 168 Å². The van der Waals surface area contributed by atoms with Gasteiger partial charge in [-0.2, -0.15) is 0 Å². The monoisotopic (exact) mass is 379 g/mol. The Kier molecular flexibility index (Phi) is 18.9. The second-order valence-corrected chi connectivity index (χ2v) is 8.06. The Bertz CT molecular complexity index is 388. The molecule has 0 aromatic carbocycles. The van der Waals surface area contributed by atoms with Gasteiger partial charge in [0.1, 0.15) is 0 Å². The molecule has 0 bridgehead atoms. The average Bonchev–Trinajstić information content (AvgIpc) is 2.64. The van der Waals surface area contributed by atoms with Crippen molar-refractivity contribution in [3.63, 3.8) is 0 Å². The van der Waals surface area contributed by atoms with Gasteiger partial charge < -0.3 is 10.4 Å². The van der Waals surface area contributed by atoms with Crippen LogP contribution in [0.1, 0.15) is 104 Å². The highest BCUT2D eigenvalue weighted by molar-refractivity contribution is 5.76. The Balaban J connectivity index is 3.46. The Morgan fingerprint density at radius 1 is 0.889 bits per heavy atom. The van der Waals surface area contributed by atoms with Gasteiger partial charge in [0.15, 0.2) is 0 Å². The largest absolute Gasteiger partial charge is 0.394 e. The second-order valence-electron chi connectivity index (χ2n) is 8.06. The summed E-state index contributed by atoms with van der Waals surface area (Å²) in [4.78, 5) is 11.9. The van der Waals surface area contributed by atoms with E-state index in [9.17, 15) is 9.90 Å². The Hall–Kier alpha value is -1.09. The van der Waals surface area contributed by atoms with Crippen LogP contribution in [0.3, 0.4) is 0 Å². The summed E-state index contributed by atoms with van der Waals surface area (Å²) in [6.45, 7) is 6.49. The van der Waals surface area contributed by atoms with Crippen LogP contribution >= 0.6 is 0 Å². The van der Waals surface area contributed by atoms with Gasteiger partial charge in [-0.25, -0.2) is 0 Å². The molecule has 0 radical (unpaired) electrons. The number of amides is 1. The predicted molar refractivity (Wildman–Crippen MR) is 118 cm³/mol. The molecule has 0 aromatic heterocycles. The third-order valence-electron chi connectivity index (χ3n) is 4.70. The summed E-state index contributed by atoms with van der Waals surface area (Å²) in [6.07, 6.45) is 23.7. The zero-order valence-corrected chi connectivity index (χ0v) is 18.2. The minimum Gasteiger partial charge on any atom is -0.394 e. The number of aliphatic hydroxyl groups excluding tert-OH is 1. The van der Waals surface area contributed by atoms with Gasteiger partial charge in [-0.1, -0.05) is 77.2 Å². The van der Waals surface area contributed by atoms with E-state index in [2.05, 4.69) is 50.4 Å². The van der Waals surface area contributed by atoms with Crippen molar-refractivity contribution in [1.29, 1.82) is 0 Å². The molecule has 0 aliphatic carbocycles. The minimum atomic E-state index is -0.0875. The van der Waals surface area contributed by atoms with Crippen molar-refractivity contribution in [2.45, 2.75) is 110 Å². The fourth-order valence-corrected chi connectivity index (χ4v) is 3.14. The highest BCUT2D eigenvalue weighted by Gasteiger charge is 2.12. The molecule has 1 amide bonds. The van der Waals surface area contributed by atoms with Crippen LogP contribution in [0.4, 0.5) is 0 Å². The molecule has 0 saturated carbocycles. The molecular weight excluding hydrogens is 334 g/mol. The number of carbonyl (C=O) groups excluding carboxylic acids is 1. The maximum absolute atomic E-state index is 11.9. The van der Waals surface area contributed by atoms with Crippen LogP contribution in [-0.2, 0) is 4.79 Å². The van der Waals surface area contributed by atoms with E-state index in [1.165, 1.54) is 44.9 Å². The fourth-order valence-electron chi connectivity index (χ4n) is 3.14. The molecule has 0 unspecified atom stereocenters. The number of hydrogen-bond acceptors (Lipinski definition) is 2. The molecule has 0 fully saturated rings. The molecule has 0 rings (SSSR count). The molecule has 0 aliphatic rings. The van der Waals surface area contributed by atoms with Crippen LogP contribution in [0.15, 0.2) is 24.3 Å². The normalized spacial score (nSPS) is 13.1. The van der Waals surface area contributed by atoms with Gasteiger partial charge in [0.25, 0.3) is 0 Å². The number of hydrogen-bond donors (Lipinski definition) is 2. The summed E-state index contributed by atoms with van der Waals surface area (Å²) in [5.74, 6) is 0.568. The number of allylic oxidation sites excluding steroid dienone is 4. The maximum atomic E-state index is 11.9. The summed E-state index contributed by atoms with van der Waals surface area (Å²) in [6, 6.07) is -0.0875. The van der Waals surface area contributed by atoms with Gasteiger partial charge in [0.2, 0.25) is 5.91 Å². The van der Waals surface area contributed by atoms with Gasteiger partial charge in [0.05, 0.1) is 12.6 Å². The van der Waals surface area contributed by atoms with E-state index in [4.69, 9.17) is 0 Å². The van der Waals surface area contributed by atoms with Crippen molar-refractivity contribution in [2.24, 2.45) is 5.92 Å². The van der Waals surface area contributed by atoms with Crippen molar-refractivity contribution in [2.75, 3.05) is 6.61 Å². The number of nitrogens with one attached hydrogen (secondary N) is 1. The second kappa shape index (κ2) is 19.7. The van der Waals surface area contributed by atoms with E-state index in [1.807, 2.05) is 0 Å². The smallest absolute Gasteiger partial charge is 0.220 e. The highest BCUT2D eigenvalue weighted by atomic mass is 16.3. The quantitative estimate of drug-likeness (QED) is 0.216. The first-order valence-corrected chi connectivity index (χ1v) is 11.3. The molecule has 0 aromatic rings. The van der Waals surface area contributed by atoms with Crippen molar-refractivity contribution in [3.05, 3.63) is 24.3 Å². The lowest BCUT2D eigenvalue weighted by atomic mass is 10.0. The molecular formula is C24H45NO2. The topological polar surface area (TPSA) is 49.3 Å². The van der Waals surface area contributed by atoms with Crippen LogP contribution in [-0.4, -0.2) is 23.7 Å². The van der Waals surface area contributed by atoms with Crippen molar-refractivity contribution in [3.8, 4) is 0 Å². The molecule has 27 heavy (non-hydrogen) atoms. The van der Waals surface area contributed by atoms with E-state index >= 15 is 0 Å². The standard InChI is InChI=1S/C24H45NO2/c1-4-5-6-7-8-9-10-11-12-13-14-15-16-17-18-19-24(27)25-23(21-26)20-22(2)3/h8-9,11-12,22-23,26H,4-7,10,13-21H2,1-3H3,(H,25,27)/t23-/m1/s1. The molecule has 0 saturated heterocycles. The lowest BCUT2D eigenvalue weighted by Gasteiger charge is -2.18. The molecule has 3 nitrogen and oxygen atoms in total. The van der Waals surface area contributed by atoms with Gasteiger partial charge in [-0.15, -0.1) is 0 Å². The molecule has 0 heterocycles. The number of rotatable bonds is 18. The number of aliphatic hydroxyl groups is 1. The summed E-state index contributed by atoms with van der Waals surface area (Å²) >= 11 is 0. The third-order valence-corrected chi connectivity index (χ3v) is 4.70. The lowest BCUT2D eigenvalue weighted by Crippen LogP contribution is -2.38. The van der Waals surface area contributed by atoms with Gasteiger partial charge in [-0.05, 0) is 50.9 Å². The average molecular weight is 380 g/mol. The van der Waals surface area contributed by atoms with Crippen LogP contribution in [0.5, 0.6) is 0 Å². The summed E-state index contributed by atoms with van der Waals surface area (Å²) in [7, 11) is 0. The lowest BCUT2D eigenvalue weighted by molar-refractivity contribution is -0.122. The molecule has 1 atom stereocenters. The zero-order valence-electron chi connectivity index (χ0n) is 18.2. The van der Waals surface area contributed by atoms with Crippen molar-refractivity contribution < 1.29 is 9.90 Å². The maximum Gasteiger partial charge on any atom is 0.220 e. The van der Waals surface area contributed by atoms with Crippen molar-refractivity contribution in [1.82, 2.24) is 5.32 Å². The number of carbonyl (C=O) groups is 1. The van der Waals surface area contributed by atoms with Gasteiger partial charge in [-0.3, -0.25) is 4.79 Å². The van der Waals surface area contributed by atoms with Crippen LogP contribution in [0, 0.1) is 5.92 Å². The highest BCUT2D eigenvalue weighted by Crippen LogP contribution is 2.09. The summed E-state index contributed by atoms with van der Waals surface area (Å²) in [5, 5.41) is 12.2. The molecule has 0 aliphatic heterocycles. The molecule has 158 valence electrons. The van der Waals surface area contributed by atoms with E-state index in [1.54, 1.807) is 0 Å². The first-order chi connectivity index (χ1) is 13.1. The van der Waals surface area contributed by atoms with E-state index in [-0.39, 0.29) is 18.6 Å². The summed E-state index contributed by atoms with van der Waals surface area (Å²) in [5.41, 5.74) is 0.